The Labute approximate surface area is 323 Å². The maximum atomic E-state index is 12.6. The summed E-state index contributed by atoms with van der Waals surface area (Å²) in [6.45, 7) is -1.62. The summed E-state index contributed by atoms with van der Waals surface area (Å²) in [6.07, 6.45) is -15.2. The molecule has 14 N–H and O–H groups in total. The zero-order valence-electron chi connectivity index (χ0n) is 31.2. The lowest BCUT2D eigenvalue weighted by atomic mass is 10.0. The number of aliphatic hydroxyl groups excluding tert-OH is 10. The summed E-state index contributed by atoms with van der Waals surface area (Å²) in [5, 5.41) is 122. The van der Waals surface area contributed by atoms with Gasteiger partial charge < -0.3 is 76.8 Å². The van der Waals surface area contributed by atoms with Gasteiger partial charge in [-0.2, -0.15) is 0 Å². The van der Waals surface area contributed by atoms with E-state index in [1.165, 1.54) is 0 Å². The Balaban J connectivity index is 2.11. The summed E-state index contributed by atoms with van der Waals surface area (Å²) in [6, 6.07) is 2.72. The van der Waals surface area contributed by atoms with Crippen molar-refractivity contribution >= 4 is 23.8 Å². The van der Waals surface area contributed by atoms with E-state index in [1.807, 2.05) is 4.90 Å². The van der Waals surface area contributed by atoms with Crippen LogP contribution in [-0.4, -0.2) is 225 Å². The molecular formula is C34H58N6O16. The molecule has 2 rings (SSSR count). The van der Waals surface area contributed by atoms with Crippen LogP contribution in [0.1, 0.15) is 37.1 Å². The first-order valence-corrected chi connectivity index (χ1v) is 18.2. The lowest BCUT2D eigenvalue weighted by molar-refractivity contribution is -0.145. The first kappa shape index (κ1) is 48.7. The minimum absolute atomic E-state index is 0.0509. The number of nitrogens with zero attached hydrogens (tertiary/aromatic N) is 4. The molecule has 0 unspecified atom stereocenters. The Hall–Kier alpha value is -3.49. The summed E-state index contributed by atoms with van der Waals surface area (Å²) in [4.78, 5) is 60.0. The lowest BCUT2D eigenvalue weighted by Gasteiger charge is -2.33. The molecular weight excluding hydrogens is 748 g/mol. The molecule has 0 spiro atoms. The summed E-state index contributed by atoms with van der Waals surface area (Å²) in [5.74, 6) is -3.71. The van der Waals surface area contributed by atoms with Crippen LogP contribution in [0.25, 0.3) is 0 Å². The molecule has 2 heterocycles. The lowest BCUT2D eigenvalue weighted by Crippen LogP contribution is -2.50. The second kappa shape index (κ2) is 24.3. The normalized spacial score (nSPS) is 20.4. The van der Waals surface area contributed by atoms with E-state index < -0.39 is 111 Å². The average molecular weight is 807 g/mol. The smallest absolute Gasteiger partial charge is 0.320 e. The van der Waals surface area contributed by atoms with Crippen molar-refractivity contribution in [2.45, 2.75) is 99.7 Å². The Kier molecular flexibility index (Phi) is 21.1. The van der Waals surface area contributed by atoms with Crippen LogP contribution >= 0.6 is 0 Å². The van der Waals surface area contributed by atoms with Gasteiger partial charge in [0, 0.05) is 65.2 Å². The largest absolute Gasteiger partial charge is 0.480 e. The van der Waals surface area contributed by atoms with Crippen molar-refractivity contribution in [3.05, 3.63) is 29.6 Å². The van der Waals surface area contributed by atoms with Crippen LogP contribution in [0.2, 0.25) is 0 Å². The van der Waals surface area contributed by atoms with Crippen LogP contribution in [0.3, 0.4) is 0 Å². The summed E-state index contributed by atoms with van der Waals surface area (Å²) >= 11 is 0. The van der Waals surface area contributed by atoms with Crippen LogP contribution in [0.4, 0.5) is 0 Å². The number of carboxylic acid groups (broad SMARTS) is 2. The van der Waals surface area contributed by atoms with Crippen LogP contribution < -0.4 is 10.6 Å². The third-order valence-electron chi connectivity index (χ3n) is 9.54. The van der Waals surface area contributed by atoms with Crippen LogP contribution in [0, 0.1) is 0 Å². The minimum Gasteiger partial charge on any atom is -0.480 e. The van der Waals surface area contributed by atoms with Gasteiger partial charge in [-0.05, 0) is 32.0 Å². The van der Waals surface area contributed by atoms with Crippen molar-refractivity contribution in [2.75, 3.05) is 59.5 Å². The quantitative estimate of drug-likeness (QED) is 0.0518. The SMILES string of the molecule is CN1CCN([C@@H](CCC(=O)NC[C@H](O)[C@@H](O)[C@H](O)[C@H](O)CO)C(=O)O)Cc2cccc(n2)CN([C@@H](CCC(=O)NC[C@H](O)[C@@H](O)[C@H](O)[C@H](O)CO)C(=O)O)CC1. The third kappa shape index (κ3) is 15.8. The van der Waals surface area contributed by atoms with E-state index in [0.717, 1.165) is 0 Å². The molecule has 10 atom stereocenters. The fraction of sp³-hybridized carbons (Fsp3) is 0.735. The summed E-state index contributed by atoms with van der Waals surface area (Å²) < 4.78 is 0. The maximum absolute atomic E-state index is 12.6. The van der Waals surface area contributed by atoms with E-state index in [2.05, 4.69) is 15.6 Å². The van der Waals surface area contributed by atoms with Crippen molar-refractivity contribution in [1.82, 2.24) is 30.3 Å². The van der Waals surface area contributed by atoms with E-state index in [-0.39, 0.29) is 51.9 Å². The van der Waals surface area contributed by atoms with Crippen LogP contribution in [0.5, 0.6) is 0 Å². The van der Waals surface area contributed by atoms with E-state index in [9.17, 15) is 70.2 Å². The molecule has 1 aromatic rings. The zero-order valence-corrected chi connectivity index (χ0v) is 31.2. The molecule has 0 aromatic carbocycles. The highest BCUT2D eigenvalue weighted by molar-refractivity contribution is 5.79. The van der Waals surface area contributed by atoms with E-state index >= 15 is 0 Å². The molecule has 22 nitrogen and oxygen atoms in total. The van der Waals surface area contributed by atoms with Gasteiger partial charge in [-0.25, -0.2) is 0 Å². The molecule has 1 aliphatic rings. The molecule has 56 heavy (non-hydrogen) atoms. The number of fused-ring (bicyclic) bond motifs is 2. The number of aliphatic hydroxyl groups is 10. The molecule has 0 saturated heterocycles. The number of hydrogen-bond donors (Lipinski definition) is 14. The third-order valence-corrected chi connectivity index (χ3v) is 9.54. The molecule has 1 aliphatic heterocycles. The van der Waals surface area contributed by atoms with Gasteiger partial charge in [0.25, 0.3) is 0 Å². The van der Waals surface area contributed by atoms with Crippen molar-refractivity contribution in [3.63, 3.8) is 0 Å². The number of amides is 2. The average Bonchev–Trinajstić information content (AvgIpc) is 3.17. The van der Waals surface area contributed by atoms with Crippen molar-refractivity contribution < 1.29 is 80.5 Å². The molecule has 0 aliphatic carbocycles. The van der Waals surface area contributed by atoms with Gasteiger partial charge in [-0.3, -0.25) is 34.0 Å². The van der Waals surface area contributed by atoms with Gasteiger partial charge in [-0.15, -0.1) is 0 Å². The number of hydrogen-bond acceptors (Lipinski definition) is 18. The number of rotatable bonds is 22. The van der Waals surface area contributed by atoms with Crippen molar-refractivity contribution in [3.8, 4) is 0 Å². The van der Waals surface area contributed by atoms with Gasteiger partial charge in [0.1, 0.15) is 48.7 Å². The van der Waals surface area contributed by atoms with Gasteiger partial charge in [0.05, 0.1) is 36.8 Å². The van der Waals surface area contributed by atoms with Crippen molar-refractivity contribution in [1.29, 1.82) is 0 Å². The fourth-order valence-corrected chi connectivity index (χ4v) is 5.96. The molecule has 0 saturated carbocycles. The first-order valence-electron chi connectivity index (χ1n) is 18.2. The standard InChI is InChI=1S/C34H58N6O16/c1-38-9-11-39(21(33(53)54)5-7-27(47)35-13-23(43)29(49)31(51)25(45)17-41)15-19-3-2-4-20(37-19)16-40(12-10-38)22(34(55)56)6-8-28(48)36-14-24(44)30(50)32(52)26(46)18-42/h2-4,21-26,29-32,41-46,49-52H,5-18H2,1H3,(H,35,47)(H,36,48)(H,53,54)(H,55,56)/t21-,22-,23-,24-,25+,26+,29+,30+,31+,32+/m0/s1. The molecule has 22 heteroatoms. The fourth-order valence-electron chi connectivity index (χ4n) is 5.96. The van der Waals surface area contributed by atoms with E-state index in [4.69, 9.17) is 10.2 Å². The number of aromatic nitrogens is 1. The molecule has 1 aromatic heterocycles. The molecule has 2 amide bonds. The number of likely N-dealkylation sites (N-methyl/N-ethyl adjacent to an activating group) is 1. The Morgan fingerprint density at radius 2 is 0.982 bits per heavy atom. The van der Waals surface area contributed by atoms with Gasteiger partial charge in [-0.1, -0.05) is 6.07 Å². The summed E-state index contributed by atoms with van der Waals surface area (Å²) in [5.41, 5.74) is 0.927. The predicted molar refractivity (Wildman–Crippen MR) is 192 cm³/mol. The van der Waals surface area contributed by atoms with Gasteiger partial charge in [0.15, 0.2) is 0 Å². The number of nitrogens with one attached hydrogen (secondary N) is 2. The predicted octanol–water partition coefficient (Wildman–Crippen LogP) is -6.80. The maximum Gasteiger partial charge on any atom is 0.320 e. The number of carbonyl (C=O) groups is 4. The Morgan fingerprint density at radius 1 is 0.625 bits per heavy atom. The van der Waals surface area contributed by atoms with E-state index in [1.54, 1.807) is 35.0 Å². The number of carbonyl (C=O) groups excluding carboxylic acids is 2. The monoisotopic (exact) mass is 806 g/mol. The van der Waals surface area contributed by atoms with Crippen molar-refractivity contribution in [2.24, 2.45) is 0 Å². The zero-order chi connectivity index (χ0) is 42.1. The Bertz CT molecular complexity index is 1290. The summed E-state index contributed by atoms with van der Waals surface area (Å²) in [7, 11) is 1.76. The minimum atomic E-state index is -1.88. The number of carboxylic acids is 2. The van der Waals surface area contributed by atoms with Gasteiger partial charge in [0.2, 0.25) is 11.8 Å². The molecule has 0 radical (unpaired) electrons. The number of aliphatic carboxylic acids is 2. The first-order chi connectivity index (χ1) is 26.4. The highest BCUT2D eigenvalue weighted by Gasteiger charge is 2.33. The van der Waals surface area contributed by atoms with Crippen LogP contribution in [-0.2, 0) is 32.3 Å². The molecule has 320 valence electrons. The topological polar surface area (TPSA) is 358 Å². The van der Waals surface area contributed by atoms with E-state index in [0.29, 0.717) is 24.5 Å². The van der Waals surface area contributed by atoms with Crippen LogP contribution in [0.15, 0.2) is 18.2 Å². The van der Waals surface area contributed by atoms with Gasteiger partial charge >= 0.3 is 11.9 Å². The second-order valence-corrected chi connectivity index (χ2v) is 13.9. The molecule has 2 bridgehead atoms. The molecule has 0 fully saturated rings. The highest BCUT2D eigenvalue weighted by atomic mass is 16.4. The highest BCUT2D eigenvalue weighted by Crippen LogP contribution is 2.17. The Morgan fingerprint density at radius 3 is 1.32 bits per heavy atom. The second-order valence-electron chi connectivity index (χ2n) is 13.9. The number of pyridine rings is 1.